The van der Waals surface area contributed by atoms with E-state index in [0.717, 1.165) is 18.2 Å². The summed E-state index contributed by atoms with van der Waals surface area (Å²) in [7, 11) is 1.17. The molecule has 34 heavy (non-hydrogen) atoms. The average Bonchev–Trinajstić information content (AvgIpc) is 2.80. The molecule has 0 aliphatic carbocycles. The van der Waals surface area contributed by atoms with Crippen molar-refractivity contribution in [3.05, 3.63) is 108 Å². The van der Waals surface area contributed by atoms with Gasteiger partial charge in [-0.2, -0.15) is 0 Å². The number of phenols is 2. The van der Waals surface area contributed by atoms with Gasteiger partial charge in [-0.1, -0.05) is 18.2 Å². The third kappa shape index (κ3) is 5.72. The Hall–Kier alpha value is -4.33. The summed E-state index contributed by atoms with van der Waals surface area (Å²) in [4.78, 5) is 11.4. The average molecular weight is 470 g/mol. The first-order valence-electron chi connectivity index (χ1n) is 9.81. The molecule has 4 aromatic rings. The molecule has 174 valence electrons. The molecule has 0 aliphatic rings. The Kier molecular flexibility index (Phi) is 7.53. The first-order valence-corrected chi connectivity index (χ1v) is 9.81. The van der Waals surface area contributed by atoms with Gasteiger partial charge in [-0.3, -0.25) is 0 Å². The number of phenolic OH excluding ortho intramolecular Hbond substituents is 2. The summed E-state index contributed by atoms with van der Waals surface area (Å²) in [5.41, 5.74) is 1.31. The molecule has 0 bridgehead atoms. The van der Waals surface area contributed by atoms with Gasteiger partial charge in [0.15, 0.2) is 0 Å². The second-order valence-electron chi connectivity index (χ2n) is 7.02. The number of rotatable bonds is 3. The fourth-order valence-electron chi connectivity index (χ4n) is 3.07. The van der Waals surface area contributed by atoms with Crippen LogP contribution >= 0.6 is 0 Å². The van der Waals surface area contributed by atoms with E-state index >= 15 is 0 Å². The van der Waals surface area contributed by atoms with E-state index in [9.17, 15) is 27.5 Å². The van der Waals surface area contributed by atoms with Crippen LogP contribution in [0.1, 0.15) is 10.4 Å². The monoisotopic (exact) mass is 470 g/mol. The molecule has 0 heterocycles. The quantitative estimate of drug-likeness (QED) is 0.266. The fourth-order valence-corrected chi connectivity index (χ4v) is 3.07. The zero-order valence-electron chi connectivity index (χ0n) is 17.7. The molecule has 8 heteroatoms. The Morgan fingerprint density at radius 2 is 1.18 bits per heavy atom. The molecule has 0 unspecified atom stereocenters. The van der Waals surface area contributed by atoms with Gasteiger partial charge < -0.3 is 14.9 Å². The SMILES string of the molecule is COC(=O)c1cc(-c2ccc(F)cc2F)ccc1O.Oc1ccc(-c2ccc(F)cc2F)cc1. The van der Waals surface area contributed by atoms with Crippen LogP contribution in [0.3, 0.4) is 0 Å². The third-order valence-electron chi connectivity index (χ3n) is 4.75. The van der Waals surface area contributed by atoms with E-state index < -0.39 is 29.2 Å². The van der Waals surface area contributed by atoms with E-state index in [4.69, 9.17) is 5.11 Å². The first kappa shape index (κ1) is 24.3. The molecule has 2 N–H and O–H groups in total. The van der Waals surface area contributed by atoms with Crippen molar-refractivity contribution in [1.29, 1.82) is 0 Å². The minimum absolute atomic E-state index is 0.0799. The summed E-state index contributed by atoms with van der Waals surface area (Å²) in [6, 6.07) is 16.6. The van der Waals surface area contributed by atoms with Crippen LogP contribution in [0, 0.1) is 23.3 Å². The van der Waals surface area contributed by atoms with Gasteiger partial charge >= 0.3 is 5.97 Å². The molecular weight excluding hydrogens is 452 g/mol. The number of methoxy groups -OCH3 is 1. The highest BCUT2D eigenvalue weighted by molar-refractivity contribution is 5.94. The Morgan fingerprint density at radius 3 is 1.68 bits per heavy atom. The number of aromatic hydroxyl groups is 2. The lowest BCUT2D eigenvalue weighted by Crippen LogP contribution is -2.02. The second kappa shape index (κ2) is 10.5. The minimum atomic E-state index is -0.749. The van der Waals surface area contributed by atoms with Crippen LogP contribution in [0.2, 0.25) is 0 Å². The summed E-state index contributed by atoms with van der Waals surface area (Å²) in [5, 5.41) is 18.6. The van der Waals surface area contributed by atoms with Gasteiger partial charge in [0.25, 0.3) is 0 Å². The van der Waals surface area contributed by atoms with Gasteiger partial charge in [-0.05, 0) is 59.7 Å². The molecule has 0 aliphatic heterocycles. The van der Waals surface area contributed by atoms with Gasteiger partial charge in [-0.15, -0.1) is 0 Å². The number of esters is 1. The van der Waals surface area contributed by atoms with Crippen molar-refractivity contribution in [2.45, 2.75) is 0 Å². The predicted octanol–water partition coefficient (Wildman–Crippen LogP) is 6.46. The van der Waals surface area contributed by atoms with Crippen LogP contribution in [-0.2, 0) is 4.74 Å². The van der Waals surface area contributed by atoms with Crippen molar-refractivity contribution in [3.63, 3.8) is 0 Å². The maximum absolute atomic E-state index is 13.6. The van der Waals surface area contributed by atoms with Crippen molar-refractivity contribution in [1.82, 2.24) is 0 Å². The van der Waals surface area contributed by atoms with Crippen LogP contribution in [0.5, 0.6) is 11.5 Å². The molecule has 0 fully saturated rings. The molecule has 0 radical (unpaired) electrons. The maximum atomic E-state index is 13.6. The number of ether oxygens (including phenoxy) is 1. The number of benzene rings is 4. The van der Waals surface area contributed by atoms with E-state index in [0.29, 0.717) is 16.7 Å². The Labute approximate surface area is 192 Å². The second-order valence-corrected chi connectivity index (χ2v) is 7.02. The Morgan fingerprint density at radius 1 is 0.676 bits per heavy atom. The van der Waals surface area contributed by atoms with Gasteiger partial charge in [0, 0.05) is 23.3 Å². The molecule has 4 aromatic carbocycles. The van der Waals surface area contributed by atoms with Crippen LogP contribution in [0.15, 0.2) is 78.9 Å². The smallest absolute Gasteiger partial charge is 0.341 e. The number of hydrogen-bond donors (Lipinski definition) is 2. The zero-order valence-corrected chi connectivity index (χ0v) is 17.7. The molecule has 0 aromatic heterocycles. The standard InChI is InChI=1S/C14H10F2O3.C12H8F2O/c1-19-14(18)11-6-8(2-5-13(11)17)10-4-3-9(15)7-12(10)16;13-9-3-6-11(12(14)7-9)8-1-4-10(15)5-2-8/h2-7,17H,1H3;1-7,15H. The summed E-state index contributed by atoms with van der Waals surface area (Å²) < 4.78 is 57.0. The maximum Gasteiger partial charge on any atom is 0.341 e. The van der Waals surface area contributed by atoms with Crippen LogP contribution in [0.4, 0.5) is 17.6 Å². The minimum Gasteiger partial charge on any atom is -0.508 e. The molecule has 0 saturated heterocycles. The first-order chi connectivity index (χ1) is 16.2. The van der Waals surface area contributed by atoms with Crippen LogP contribution in [0.25, 0.3) is 22.3 Å². The molecule has 0 saturated carbocycles. The Bertz CT molecular complexity index is 1320. The Balaban J connectivity index is 0.000000196. The normalized spacial score (nSPS) is 10.3. The van der Waals surface area contributed by atoms with E-state index in [2.05, 4.69) is 4.74 Å². The van der Waals surface area contributed by atoms with Gasteiger partial charge in [-0.25, -0.2) is 22.4 Å². The molecule has 4 nitrogen and oxygen atoms in total. The molecule has 0 amide bonds. The van der Waals surface area contributed by atoms with E-state index in [1.807, 2.05) is 0 Å². The van der Waals surface area contributed by atoms with Crippen molar-refractivity contribution in [2.75, 3.05) is 7.11 Å². The number of hydrogen-bond acceptors (Lipinski definition) is 4. The number of carbonyl (C=O) groups excluding carboxylic acids is 1. The van der Waals surface area contributed by atoms with E-state index in [1.165, 1.54) is 55.6 Å². The molecular formula is C26H18F4O4. The summed E-state index contributed by atoms with van der Waals surface area (Å²) >= 11 is 0. The van der Waals surface area contributed by atoms with Gasteiger partial charge in [0.05, 0.1) is 7.11 Å². The van der Waals surface area contributed by atoms with Crippen LogP contribution < -0.4 is 0 Å². The summed E-state index contributed by atoms with van der Waals surface area (Å²) in [6.07, 6.45) is 0. The lowest BCUT2D eigenvalue weighted by Gasteiger charge is -2.07. The predicted molar refractivity (Wildman–Crippen MR) is 118 cm³/mol. The largest absolute Gasteiger partial charge is 0.508 e. The molecule has 0 atom stereocenters. The third-order valence-corrected chi connectivity index (χ3v) is 4.75. The van der Waals surface area contributed by atoms with Gasteiger partial charge in [0.2, 0.25) is 0 Å². The highest BCUT2D eigenvalue weighted by Crippen LogP contribution is 2.29. The van der Waals surface area contributed by atoms with E-state index in [-0.39, 0.29) is 22.6 Å². The van der Waals surface area contributed by atoms with Crippen molar-refractivity contribution in [3.8, 4) is 33.8 Å². The van der Waals surface area contributed by atoms with Crippen molar-refractivity contribution in [2.24, 2.45) is 0 Å². The number of carbonyl (C=O) groups is 1. The number of halogens is 4. The van der Waals surface area contributed by atoms with Crippen molar-refractivity contribution < 1.29 is 37.3 Å². The fraction of sp³-hybridized carbons (Fsp3) is 0.0385. The lowest BCUT2D eigenvalue weighted by atomic mass is 10.0. The summed E-state index contributed by atoms with van der Waals surface area (Å²) in [6.45, 7) is 0. The van der Waals surface area contributed by atoms with E-state index in [1.54, 1.807) is 12.1 Å². The van der Waals surface area contributed by atoms with Gasteiger partial charge in [0.1, 0.15) is 40.3 Å². The summed E-state index contributed by atoms with van der Waals surface area (Å²) in [5.74, 6) is -3.54. The lowest BCUT2D eigenvalue weighted by molar-refractivity contribution is 0.0597. The van der Waals surface area contributed by atoms with Crippen LogP contribution in [-0.4, -0.2) is 23.3 Å². The molecule has 0 spiro atoms. The van der Waals surface area contributed by atoms with Crippen molar-refractivity contribution >= 4 is 5.97 Å². The topological polar surface area (TPSA) is 66.8 Å². The highest BCUT2D eigenvalue weighted by Gasteiger charge is 2.14. The highest BCUT2D eigenvalue weighted by atomic mass is 19.1. The zero-order chi connectivity index (χ0) is 24.8. The molecule has 4 rings (SSSR count).